The molecule has 0 aliphatic carbocycles. The van der Waals surface area contributed by atoms with Gasteiger partial charge in [0.25, 0.3) is 0 Å². The molecule has 0 aliphatic rings. The fourth-order valence-electron chi connectivity index (χ4n) is 3.07. The van der Waals surface area contributed by atoms with E-state index in [2.05, 4.69) is 21.7 Å². The van der Waals surface area contributed by atoms with Crippen LogP contribution in [0.5, 0.6) is 5.75 Å². The lowest BCUT2D eigenvalue weighted by atomic mass is 9.96. The number of benzene rings is 1. The molecule has 1 aromatic heterocycles. The number of ether oxygens (including phenoxy) is 1. The van der Waals surface area contributed by atoms with E-state index in [4.69, 9.17) is 9.15 Å². The Bertz CT molecular complexity index is 800. The first-order valence-electron chi connectivity index (χ1n) is 9.22. The Morgan fingerprint density at radius 2 is 1.93 bits per heavy atom. The van der Waals surface area contributed by atoms with Crippen molar-refractivity contribution in [3.8, 4) is 5.75 Å². The van der Waals surface area contributed by atoms with Gasteiger partial charge in [-0.15, -0.1) is 24.0 Å². The van der Waals surface area contributed by atoms with Gasteiger partial charge in [-0.2, -0.15) is 0 Å². The van der Waals surface area contributed by atoms with E-state index in [0.29, 0.717) is 19.0 Å². The highest BCUT2D eigenvalue weighted by molar-refractivity contribution is 14.0. The Morgan fingerprint density at radius 3 is 2.46 bits per heavy atom. The van der Waals surface area contributed by atoms with E-state index in [1.807, 2.05) is 45.9 Å². The number of halogens is 1. The van der Waals surface area contributed by atoms with Crippen LogP contribution in [0.2, 0.25) is 0 Å². The van der Waals surface area contributed by atoms with Gasteiger partial charge in [0.2, 0.25) is 0 Å². The highest BCUT2D eigenvalue weighted by Crippen LogP contribution is 2.26. The van der Waals surface area contributed by atoms with E-state index < -0.39 is 5.60 Å². The maximum Gasteiger partial charge on any atom is 0.191 e. The van der Waals surface area contributed by atoms with Crippen molar-refractivity contribution in [3.05, 3.63) is 52.5 Å². The van der Waals surface area contributed by atoms with Gasteiger partial charge >= 0.3 is 0 Å². The summed E-state index contributed by atoms with van der Waals surface area (Å²) in [5.41, 5.74) is 1.90. The van der Waals surface area contributed by atoms with E-state index in [0.717, 1.165) is 40.5 Å². The van der Waals surface area contributed by atoms with Gasteiger partial charge in [0.05, 0.1) is 20.2 Å². The molecule has 2 aromatic rings. The number of furan rings is 1. The normalized spacial score (nSPS) is 13.5. The molecule has 1 aromatic carbocycles. The van der Waals surface area contributed by atoms with Crippen molar-refractivity contribution >= 4 is 29.9 Å². The number of guanidine groups is 1. The Labute approximate surface area is 184 Å². The molecule has 156 valence electrons. The highest BCUT2D eigenvalue weighted by atomic mass is 127. The van der Waals surface area contributed by atoms with Crippen LogP contribution in [0.15, 0.2) is 33.7 Å². The summed E-state index contributed by atoms with van der Waals surface area (Å²) in [6.07, 6.45) is 0. The van der Waals surface area contributed by atoms with Gasteiger partial charge < -0.3 is 24.9 Å². The summed E-state index contributed by atoms with van der Waals surface area (Å²) in [6.45, 7) is 11.1. The minimum atomic E-state index is -1.06. The van der Waals surface area contributed by atoms with E-state index in [1.54, 1.807) is 14.0 Å². The number of hydrogen-bond acceptors (Lipinski definition) is 4. The summed E-state index contributed by atoms with van der Waals surface area (Å²) >= 11 is 0. The van der Waals surface area contributed by atoms with Gasteiger partial charge in [-0.3, -0.25) is 0 Å². The van der Waals surface area contributed by atoms with Crippen LogP contribution in [-0.2, 0) is 12.1 Å². The average molecular weight is 501 g/mol. The van der Waals surface area contributed by atoms with E-state index in [9.17, 15) is 5.11 Å². The lowest BCUT2D eigenvalue weighted by Gasteiger charge is -2.24. The number of aryl methyl sites for hydroxylation is 3. The topological polar surface area (TPSA) is 79.0 Å². The number of aliphatic imine (C=N–C) groups is 1. The molecule has 1 heterocycles. The zero-order valence-electron chi connectivity index (χ0n) is 17.5. The summed E-state index contributed by atoms with van der Waals surface area (Å²) in [7, 11) is 1.67. The molecule has 0 amide bonds. The second-order valence-corrected chi connectivity index (χ2v) is 6.95. The first-order valence-corrected chi connectivity index (χ1v) is 9.22. The summed E-state index contributed by atoms with van der Waals surface area (Å²) in [5.74, 6) is 3.05. The molecule has 1 atom stereocenters. The standard InChI is InChI=1S/C21H31N3O3.HI/c1-7-22-20(23-12-17-8-9-19(26-6)14(2)10-17)24-13-21(5,25)18-11-15(3)27-16(18)4;/h8-11,25H,7,12-13H2,1-6H3,(H2,22,23,24);1H. The van der Waals surface area contributed by atoms with Crippen LogP contribution in [0.25, 0.3) is 0 Å². The number of rotatable bonds is 7. The van der Waals surface area contributed by atoms with Crippen molar-refractivity contribution in [3.63, 3.8) is 0 Å². The van der Waals surface area contributed by atoms with E-state index in [-0.39, 0.29) is 24.0 Å². The van der Waals surface area contributed by atoms with Gasteiger partial charge in [-0.1, -0.05) is 12.1 Å². The van der Waals surface area contributed by atoms with Gasteiger partial charge in [0.1, 0.15) is 22.9 Å². The van der Waals surface area contributed by atoms with Gasteiger partial charge in [0.15, 0.2) is 5.96 Å². The number of hydrogen-bond donors (Lipinski definition) is 3. The smallest absolute Gasteiger partial charge is 0.191 e. The van der Waals surface area contributed by atoms with Gasteiger partial charge in [-0.25, -0.2) is 4.99 Å². The van der Waals surface area contributed by atoms with E-state index >= 15 is 0 Å². The minimum Gasteiger partial charge on any atom is -0.496 e. The molecule has 0 spiro atoms. The van der Waals surface area contributed by atoms with Crippen molar-refractivity contribution in [2.75, 3.05) is 20.2 Å². The van der Waals surface area contributed by atoms with Crippen molar-refractivity contribution in [1.82, 2.24) is 10.6 Å². The first kappa shape index (κ1) is 24.3. The average Bonchev–Trinajstić information content (AvgIpc) is 2.97. The molecule has 3 N–H and O–H groups in total. The molecule has 0 fully saturated rings. The molecular formula is C21H32IN3O3. The summed E-state index contributed by atoms with van der Waals surface area (Å²) < 4.78 is 10.8. The zero-order chi connectivity index (χ0) is 20.0. The van der Waals surface area contributed by atoms with E-state index in [1.165, 1.54) is 0 Å². The van der Waals surface area contributed by atoms with Crippen molar-refractivity contribution in [1.29, 1.82) is 0 Å². The predicted octanol–water partition coefficient (Wildman–Crippen LogP) is 3.79. The molecule has 1 unspecified atom stereocenters. The van der Waals surface area contributed by atoms with Crippen LogP contribution in [0, 0.1) is 20.8 Å². The van der Waals surface area contributed by atoms with Crippen LogP contribution >= 0.6 is 24.0 Å². The van der Waals surface area contributed by atoms with Gasteiger partial charge in [-0.05, 0) is 57.9 Å². The third-order valence-electron chi connectivity index (χ3n) is 4.44. The van der Waals surface area contributed by atoms with Crippen LogP contribution in [0.3, 0.4) is 0 Å². The van der Waals surface area contributed by atoms with Crippen LogP contribution < -0.4 is 15.4 Å². The van der Waals surface area contributed by atoms with Crippen LogP contribution in [0.1, 0.15) is 42.1 Å². The molecule has 0 saturated carbocycles. The molecule has 7 heteroatoms. The summed E-state index contributed by atoms with van der Waals surface area (Å²) in [5, 5.41) is 17.3. The third kappa shape index (κ3) is 6.41. The Morgan fingerprint density at radius 1 is 1.21 bits per heavy atom. The highest BCUT2D eigenvalue weighted by Gasteiger charge is 2.27. The quantitative estimate of drug-likeness (QED) is 0.306. The number of aliphatic hydroxyl groups is 1. The molecular weight excluding hydrogens is 469 g/mol. The lowest BCUT2D eigenvalue weighted by molar-refractivity contribution is 0.0601. The molecule has 0 saturated heterocycles. The SMILES string of the molecule is CCNC(=NCc1ccc(OC)c(C)c1)NCC(C)(O)c1cc(C)oc1C.I. The monoisotopic (exact) mass is 501 g/mol. The van der Waals surface area contributed by atoms with Crippen molar-refractivity contribution in [2.45, 2.75) is 46.8 Å². The van der Waals surface area contributed by atoms with Crippen molar-refractivity contribution in [2.24, 2.45) is 4.99 Å². The predicted molar refractivity (Wildman–Crippen MR) is 124 cm³/mol. The maximum atomic E-state index is 10.9. The Hall–Kier alpha value is -1.74. The fraction of sp³-hybridized carbons (Fsp3) is 0.476. The second kappa shape index (κ2) is 10.7. The minimum absolute atomic E-state index is 0. The zero-order valence-corrected chi connectivity index (χ0v) is 19.9. The Kier molecular flexibility index (Phi) is 9.29. The summed E-state index contributed by atoms with van der Waals surface area (Å²) in [4.78, 5) is 4.62. The van der Waals surface area contributed by atoms with Crippen LogP contribution in [-0.4, -0.2) is 31.3 Å². The number of nitrogens with zero attached hydrogens (tertiary/aromatic N) is 1. The third-order valence-corrected chi connectivity index (χ3v) is 4.44. The molecule has 0 aliphatic heterocycles. The molecule has 0 radical (unpaired) electrons. The lowest BCUT2D eigenvalue weighted by Crippen LogP contribution is -2.44. The fourth-order valence-corrected chi connectivity index (χ4v) is 3.07. The maximum absolute atomic E-state index is 10.9. The largest absolute Gasteiger partial charge is 0.496 e. The molecule has 0 bridgehead atoms. The van der Waals surface area contributed by atoms with Gasteiger partial charge in [0, 0.05) is 12.1 Å². The first-order chi connectivity index (χ1) is 12.8. The summed E-state index contributed by atoms with van der Waals surface area (Å²) in [6, 6.07) is 7.91. The molecule has 2 rings (SSSR count). The molecule has 28 heavy (non-hydrogen) atoms. The van der Waals surface area contributed by atoms with Crippen LogP contribution in [0.4, 0.5) is 0 Å². The Balaban J connectivity index is 0.00000392. The number of nitrogens with one attached hydrogen (secondary N) is 2. The molecule has 6 nitrogen and oxygen atoms in total. The van der Waals surface area contributed by atoms with Crippen molar-refractivity contribution < 1.29 is 14.3 Å². The number of methoxy groups -OCH3 is 1. The second-order valence-electron chi connectivity index (χ2n) is 6.95.